The Balaban J connectivity index is 1.98. The second-order valence-electron chi connectivity index (χ2n) is 5.20. The number of hydrogen-bond acceptors (Lipinski definition) is 6. The van der Waals surface area contributed by atoms with Crippen LogP contribution in [0.25, 0.3) is 0 Å². The van der Waals surface area contributed by atoms with E-state index in [2.05, 4.69) is 19.6 Å². The summed E-state index contributed by atoms with van der Waals surface area (Å²) in [5.41, 5.74) is 0. The number of nitrogens with zero attached hydrogens (tertiary/aromatic N) is 4. The molecular formula is C12H26N4O2. The van der Waals surface area contributed by atoms with Gasteiger partial charge in [-0.2, -0.15) is 0 Å². The van der Waals surface area contributed by atoms with E-state index in [1.165, 1.54) is 0 Å². The Hall–Kier alpha value is -0.240. The molecule has 2 aliphatic rings. The molecule has 0 aromatic carbocycles. The molecule has 106 valence electrons. The minimum absolute atomic E-state index is 0.157. The van der Waals surface area contributed by atoms with E-state index in [0.29, 0.717) is 0 Å². The molecule has 2 fully saturated rings. The molecule has 6 heteroatoms. The van der Waals surface area contributed by atoms with Crippen molar-refractivity contribution in [2.75, 3.05) is 78.9 Å². The molecule has 0 unspecified atom stereocenters. The van der Waals surface area contributed by atoms with Gasteiger partial charge >= 0.3 is 0 Å². The highest BCUT2D eigenvalue weighted by molar-refractivity contribution is 4.74. The Morgan fingerprint density at radius 2 is 0.778 bits per heavy atom. The van der Waals surface area contributed by atoms with E-state index >= 15 is 0 Å². The Morgan fingerprint density at radius 1 is 0.500 bits per heavy atom. The zero-order chi connectivity index (χ0) is 12.8. The van der Waals surface area contributed by atoms with Crippen LogP contribution in [0.1, 0.15) is 0 Å². The van der Waals surface area contributed by atoms with Gasteiger partial charge in [0.15, 0.2) is 0 Å². The summed E-state index contributed by atoms with van der Waals surface area (Å²) >= 11 is 0. The summed E-state index contributed by atoms with van der Waals surface area (Å²) in [5, 5.41) is 18.6. The minimum Gasteiger partial charge on any atom is -0.381 e. The van der Waals surface area contributed by atoms with Crippen LogP contribution in [0.15, 0.2) is 0 Å². The number of rotatable bonds is 2. The zero-order valence-corrected chi connectivity index (χ0v) is 11.2. The summed E-state index contributed by atoms with van der Waals surface area (Å²) < 4.78 is 0. The number of hydrogen-bond donors (Lipinski definition) is 2. The molecule has 0 saturated carbocycles. The number of aliphatic hydroxyl groups excluding tert-OH is 2. The van der Waals surface area contributed by atoms with Crippen LogP contribution >= 0.6 is 0 Å². The van der Waals surface area contributed by atoms with Crippen molar-refractivity contribution >= 4 is 0 Å². The topological polar surface area (TPSA) is 53.4 Å². The van der Waals surface area contributed by atoms with E-state index in [9.17, 15) is 10.2 Å². The van der Waals surface area contributed by atoms with Crippen molar-refractivity contribution in [3.63, 3.8) is 0 Å². The van der Waals surface area contributed by atoms with Crippen LogP contribution in [-0.4, -0.2) is 109 Å². The van der Waals surface area contributed by atoms with E-state index in [4.69, 9.17) is 0 Å². The molecule has 0 amide bonds. The standard InChI is InChI=1S/C12H26N4O2/c17-11-15-7-3-13-1-2-14(5-9-15)6-10-16(12-18)8-4-13/h17-18H,1-12H2. The Bertz CT molecular complexity index is 202. The summed E-state index contributed by atoms with van der Waals surface area (Å²) in [6, 6.07) is 0. The molecule has 2 N–H and O–H groups in total. The molecule has 0 aliphatic carbocycles. The van der Waals surface area contributed by atoms with Gasteiger partial charge in [0.1, 0.15) is 0 Å². The second kappa shape index (κ2) is 7.37. The number of fused-ring (bicyclic) bond motifs is 3. The third-order valence-electron chi connectivity index (χ3n) is 4.06. The minimum atomic E-state index is 0.157. The predicted octanol–water partition coefficient (Wildman–Crippen LogP) is -1.88. The number of aliphatic hydroxyl groups is 2. The van der Waals surface area contributed by atoms with Gasteiger partial charge < -0.3 is 10.2 Å². The maximum Gasteiger partial charge on any atom is 0.0957 e. The molecular weight excluding hydrogens is 232 g/mol. The van der Waals surface area contributed by atoms with Crippen molar-refractivity contribution in [1.29, 1.82) is 0 Å². The smallest absolute Gasteiger partial charge is 0.0957 e. The largest absolute Gasteiger partial charge is 0.381 e. The summed E-state index contributed by atoms with van der Waals surface area (Å²) in [7, 11) is 0. The molecule has 0 aromatic heterocycles. The lowest BCUT2D eigenvalue weighted by molar-refractivity contribution is 0.0714. The van der Waals surface area contributed by atoms with Crippen LogP contribution in [0.2, 0.25) is 0 Å². The van der Waals surface area contributed by atoms with E-state index in [-0.39, 0.29) is 13.5 Å². The molecule has 2 bridgehead atoms. The fourth-order valence-corrected chi connectivity index (χ4v) is 2.59. The Labute approximate surface area is 109 Å². The van der Waals surface area contributed by atoms with Crippen LogP contribution in [0.3, 0.4) is 0 Å². The van der Waals surface area contributed by atoms with Gasteiger partial charge in [-0.3, -0.25) is 19.6 Å². The maximum atomic E-state index is 9.32. The van der Waals surface area contributed by atoms with Gasteiger partial charge in [0, 0.05) is 65.4 Å². The van der Waals surface area contributed by atoms with Crippen molar-refractivity contribution in [2.45, 2.75) is 0 Å². The predicted molar refractivity (Wildman–Crippen MR) is 70.2 cm³/mol. The van der Waals surface area contributed by atoms with Gasteiger partial charge in [-0.25, -0.2) is 0 Å². The quantitative estimate of drug-likeness (QED) is 0.605. The summed E-state index contributed by atoms with van der Waals surface area (Å²) in [4.78, 5) is 9.09. The van der Waals surface area contributed by atoms with Gasteiger partial charge in [0.25, 0.3) is 0 Å². The Kier molecular flexibility index (Phi) is 5.81. The van der Waals surface area contributed by atoms with Crippen molar-refractivity contribution in [2.24, 2.45) is 0 Å². The molecule has 0 aromatic rings. The highest BCUT2D eigenvalue weighted by atomic mass is 16.3. The Morgan fingerprint density at radius 3 is 1.06 bits per heavy atom. The van der Waals surface area contributed by atoms with Crippen molar-refractivity contribution < 1.29 is 10.2 Å². The second-order valence-corrected chi connectivity index (χ2v) is 5.20. The first kappa shape index (κ1) is 14.2. The van der Waals surface area contributed by atoms with E-state index in [1.807, 2.05) is 0 Å². The summed E-state index contributed by atoms with van der Waals surface area (Å²) in [5.74, 6) is 0. The van der Waals surface area contributed by atoms with E-state index < -0.39 is 0 Å². The fourth-order valence-electron chi connectivity index (χ4n) is 2.59. The van der Waals surface area contributed by atoms with Crippen molar-refractivity contribution in [3.05, 3.63) is 0 Å². The normalized spacial score (nSPS) is 33.0. The lowest BCUT2D eigenvalue weighted by atomic mass is 10.4. The molecule has 2 saturated heterocycles. The average Bonchev–Trinajstić information content (AvgIpc) is 2.55. The third-order valence-corrected chi connectivity index (χ3v) is 4.06. The third kappa shape index (κ3) is 4.15. The zero-order valence-electron chi connectivity index (χ0n) is 11.2. The van der Waals surface area contributed by atoms with Crippen molar-refractivity contribution in [1.82, 2.24) is 19.6 Å². The monoisotopic (exact) mass is 258 g/mol. The first-order valence-corrected chi connectivity index (χ1v) is 6.93. The van der Waals surface area contributed by atoms with Crippen molar-refractivity contribution in [3.8, 4) is 0 Å². The lowest BCUT2D eigenvalue weighted by Crippen LogP contribution is -2.42. The van der Waals surface area contributed by atoms with Crippen LogP contribution in [-0.2, 0) is 0 Å². The van der Waals surface area contributed by atoms with Crippen LogP contribution < -0.4 is 0 Å². The molecule has 2 heterocycles. The first-order chi connectivity index (χ1) is 8.81. The molecule has 6 nitrogen and oxygen atoms in total. The molecule has 2 aliphatic heterocycles. The molecule has 0 atom stereocenters. The van der Waals surface area contributed by atoms with E-state index in [0.717, 1.165) is 65.4 Å². The van der Waals surface area contributed by atoms with Crippen LogP contribution in [0.5, 0.6) is 0 Å². The lowest BCUT2D eigenvalue weighted by Gasteiger charge is -2.28. The highest BCUT2D eigenvalue weighted by Gasteiger charge is 2.19. The highest BCUT2D eigenvalue weighted by Crippen LogP contribution is 2.03. The average molecular weight is 258 g/mol. The van der Waals surface area contributed by atoms with Gasteiger partial charge in [-0.05, 0) is 0 Å². The maximum absolute atomic E-state index is 9.32. The summed E-state index contributed by atoms with van der Waals surface area (Å²) in [6.45, 7) is 10.3. The van der Waals surface area contributed by atoms with Gasteiger partial charge in [0.2, 0.25) is 0 Å². The summed E-state index contributed by atoms with van der Waals surface area (Å²) in [6.07, 6.45) is 0. The molecule has 18 heavy (non-hydrogen) atoms. The fraction of sp³-hybridized carbons (Fsp3) is 1.00. The molecule has 2 rings (SSSR count). The molecule has 0 radical (unpaired) electrons. The molecule has 0 spiro atoms. The van der Waals surface area contributed by atoms with Gasteiger partial charge in [0.05, 0.1) is 13.5 Å². The van der Waals surface area contributed by atoms with Crippen LogP contribution in [0.4, 0.5) is 0 Å². The van der Waals surface area contributed by atoms with Gasteiger partial charge in [-0.15, -0.1) is 0 Å². The first-order valence-electron chi connectivity index (χ1n) is 6.93. The SMILES string of the molecule is OCN1CCN2CCN(CO)CCN(CC1)CC2. The van der Waals surface area contributed by atoms with E-state index in [1.54, 1.807) is 0 Å². The van der Waals surface area contributed by atoms with Gasteiger partial charge in [-0.1, -0.05) is 0 Å². The van der Waals surface area contributed by atoms with Crippen LogP contribution in [0, 0.1) is 0 Å².